The molecule has 0 bridgehead atoms. The first kappa shape index (κ1) is 16.8. The molecule has 0 aliphatic carbocycles. The van der Waals surface area contributed by atoms with Crippen molar-refractivity contribution in [3.8, 4) is 0 Å². The summed E-state index contributed by atoms with van der Waals surface area (Å²) in [6.07, 6.45) is 6.34. The molecule has 0 spiro atoms. The molecule has 8 heteroatoms. The minimum atomic E-state index is -0.281. The number of hydrogen-bond donors (Lipinski definition) is 1. The maximum atomic E-state index is 12.2. The maximum Gasteiger partial charge on any atom is 0.248 e. The van der Waals surface area contributed by atoms with E-state index >= 15 is 0 Å². The third-order valence-corrected chi connectivity index (χ3v) is 5.18. The number of nitrogens with one attached hydrogen (secondary N) is 1. The predicted octanol–water partition coefficient (Wildman–Crippen LogP) is 3.83. The number of fused-ring (bicyclic) bond motifs is 1. The van der Waals surface area contributed by atoms with Crippen LogP contribution in [0.2, 0.25) is 5.15 Å². The molecule has 132 valence electrons. The van der Waals surface area contributed by atoms with E-state index in [-0.39, 0.29) is 11.8 Å². The van der Waals surface area contributed by atoms with Gasteiger partial charge in [0.1, 0.15) is 0 Å². The highest BCUT2D eigenvalue weighted by atomic mass is 35.5. The van der Waals surface area contributed by atoms with Crippen molar-refractivity contribution in [2.45, 2.75) is 12.8 Å². The summed E-state index contributed by atoms with van der Waals surface area (Å²) in [5.41, 5.74) is 2.10. The maximum absolute atomic E-state index is 12.2. The van der Waals surface area contributed by atoms with Crippen LogP contribution in [0.25, 0.3) is 11.0 Å². The number of halogens is 1. The molecule has 4 rings (SSSR count). The van der Waals surface area contributed by atoms with Gasteiger partial charge in [-0.05, 0) is 30.7 Å². The van der Waals surface area contributed by atoms with Crippen molar-refractivity contribution < 1.29 is 9.59 Å². The quantitative estimate of drug-likeness (QED) is 0.693. The molecule has 1 aliphatic rings. The summed E-state index contributed by atoms with van der Waals surface area (Å²) in [5.74, 6) is -0.167. The third kappa shape index (κ3) is 3.23. The molecule has 0 atom stereocenters. The molecule has 2 aromatic heterocycles. The summed E-state index contributed by atoms with van der Waals surface area (Å²) in [6, 6.07) is 7.29. The predicted molar refractivity (Wildman–Crippen MR) is 104 cm³/mol. The van der Waals surface area contributed by atoms with Crippen molar-refractivity contribution in [2.24, 2.45) is 0 Å². The summed E-state index contributed by atoms with van der Waals surface area (Å²) in [7, 11) is 0. The second kappa shape index (κ2) is 6.93. The summed E-state index contributed by atoms with van der Waals surface area (Å²) in [4.78, 5) is 30.8. The molecule has 2 amide bonds. The lowest BCUT2D eigenvalue weighted by Gasteiger charge is -2.16. The van der Waals surface area contributed by atoms with E-state index in [1.54, 1.807) is 23.1 Å². The number of carbonyl (C=O) groups is 2. The van der Waals surface area contributed by atoms with Gasteiger partial charge in [0.25, 0.3) is 0 Å². The van der Waals surface area contributed by atoms with Crippen LogP contribution >= 0.6 is 22.9 Å². The fraction of sp³-hybridized carbons (Fsp3) is 0.167. The normalized spacial score (nSPS) is 14.7. The lowest BCUT2D eigenvalue weighted by atomic mass is 10.2. The van der Waals surface area contributed by atoms with E-state index in [1.807, 2.05) is 28.1 Å². The average molecular weight is 387 g/mol. The lowest BCUT2D eigenvalue weighted by molar-refractivity contribution is -0.117. The van der Waals surface area contributed by atoms with Crippen LogP contribution < -0.4 is 10.2 Å². The topological polar surface area (TPSA) is 66.7 Å². The lowest BCUT2D eigenvalue weighted by Crippen LogP contribution is -2.23. The highest BCUT2D eigenvalue weighted by molar-refractivity contribution is 7.15. The second-order valence-electron chi connectivity index (χ2n) is 5.87. The average Bonchev–Trinajstić information content (AvgIpc) is 3.30. The van der Waals surface area contributed by atoms with E-state index in [2.05, 4.69) is 10.3 Å². The first-order valence-electron chi connectivity index (χ1n) is 8.12. The minimum absolute atomic E-state index is 0.114. The molecule has 1 aromatic carbocycles. The fourth-order valence-corrected chi connectivity index (χ4v) is 3.94. The molecule has 1 aliphatic heterocycles. The molecule has 3 heterocycles. The van der Waals surface area contributed by atoms with Crippen LogP contribution in [-0.2, 0) is 9.59 Å². The van der Waals surface area contributed by atoms with Gasteiger partial charge in [0.2, 0.25) is 11.8 Å². The van der Waals surface area contributed by atoms with Gasteiger partial charge in [-0.3, -0.25) is 14.0 Å². The van der Waals surface area contributed by atoms with Gasteiger partial charge in [-0.15, -0.1) is 11.3 Å². The monoisotopic (exact) mass is 386 g/mol. The van der Waals surface area contributed by atoms with Crippen LogP contribution in [0.4, 0.5) is 11.4 Å². The van der Waals surface area contributed by atoms with Crippen molar-refractivity contribution >= 4 is 57.2 Å². The Morgan fingerprint density at radius 1 is 1.38 bits per heavy atom. The Labute approximate surface area is 158 Å². The highest BCUT2D eigenvalue weighted by Gasteiger charge is 2.21. The van der Waals surface area contributed by atoms with Crippen LogP contribution in [0, 0.1) is 0 Å². The number of rotatable bonds is 4. The number of anilines is 2. The Bertz CT molecular complexity index is 1020. The molecule has 0 unspecified atom stereocenters. The molecular formula is C18H15ClN4O2S. The molecule has 1 saturated heterocycles. The summed E-state index contributed by atoms with van der Waals surface area (Å²) < 4.78 is 1.83. The number of amides is 2. The highest BCUT2D eigenvalue weighted by Crippen LogP contribution is 2.25. The van der Waals surface area contributed by atoms with Crippen LogP contribution in [0.3, 0.4) is 0 Å². The van der Waals surface area contributed by atoms with Gasteiger partial charge in [0.05, 0.1) is 5.69 Å². The van der Waals surface area contributed by atoms with E-state index in [0.29, 0.717) is 29.5 Å². The summed E-state index contributed by atoms with van der Waals surface area (Å²) in [5, 5.41) is 5.07. The van der Waals surface area contributed by atoms with Gasteiger partial charge in [0.15, 0.2) is 10.1 Å². The van der Waals surface area contributed by atoms with Crippen molar-refractivity contribution in [2.75, 3.05) is 16.8 Å². The van der Waals surface area contributed by atoms with Crippen LogP contribution in [0.1, 0.15) is 18.5 Å². The number of carbonyl (C=O) groups excluding carboxylic acids is 2. The number of nitrogens with zero attached hydrogens (tertiary/aromatic N) is 3. The standard InChI is InChI=1S/C18H15ClN4O2S/c19-17-14(23-9-10-26-18(23)21-17)6-7-15(24)20-12-3-1-4-13(11-12)22-8-2-5-16(22)25/h1,3-4,6-7,9-11H,2,5,8H2,(H,20,24)/b7-6+. The smallest absolute Gasteiger partial charge is 0.248 e. The largest absolute Gasteiger partial charge is 0.322 e. The van der Waals surface area contributed by atoms with Gasteiger partial charge in [-0.2, -0.15) is 0 Å². The third-order valence-electron chi connectivity index (χ3n) is 4.15. The van der Waals surface area contributed by atoms with E-state index in [1.165, 1.54) is 17.4 Å². The Hall–Kier alpha value is -2.64. The molecular weight excluding hydrogens is 372 g/mol. The zero-order valence-electron chi connectivity index (χ0n) is 13.7. The van der Waals surface area contributed by atoms with Crippen LogP contribution in [-0.4, -0.2) is 27.7 Å². The number of aromatic nitrogens is 2. The van der Waals surface area contributed by atoms with Gasteiger partial charge < -0.3 is 10.2 Å². The zero-order chi connectivity index (χ0) is 18.1. The minimum Gasteiger partial charge on any atom is -0.322 e. The second-order valence-corrected chi connectivity index (χ2v) is 7.10. The molecule has 6 nitrogen and oxygen atoms in total. The van der Waals surface area contributed by atoms with Gasteiger partial charge >= 0.3 is 0 Å². The van der Waals surface area contributed by atoms with Crippen LogP contribution in [0.15, 0.2) is 41.9 Å². The van der Waals surface area contributed by atoms with E-state index in [9.17, 15) is 9.59 Å². The Kier molecular flexibility index (Phi) is 4.48. The van der Waals surface area contributed by atoms with Crippen molar-refractivity contribution in [3.05, 3.63) is 52.8 Å². The van der Waals surface area contributed by atoms with Crippen LogP contribution in [0.5, 0.6) is 0 Å². The Morgan fingerprint density at radius 2 is 2.27 bits per heavy atom. The number of imidazole rings is 1. The number of thiazole rings is 1. The van der Waals surface area contributed by atoms with E-state index in [0.717, 1.165) is 17.1 Å². The van der Waals surface area contributed by atoms with Gasteiger partial charge in [-0.25, -0.2) is 4.98 Å². The number of benzene rings is 1. The van der Waals surface area contributed by atoms with E-state index in [4.69, 9.17) is 11.6 Å². The van der Waals surface area contributed by atoms with Gasteiger partial charge in [0, 0.05) is 42.0 Å². The summed E-state index contributed by atoms with van der Waals surface area (Å²) in [6.45, 7) is 0.715. The number of hydrogen-bond acceptors (Lipinski definition) is 4. The molecule has 0 radical (unpaired) electrons. The summed E-state index contributed by atoms with van der Waals surface area (Å²) >= 11 is 7.59. The Morgan fingerprint density at radius 3 is 3.08 bits per heavy atom. The first-order chi connectivity index (χ1) is 12.6. The molecule has 1 N–H and O–H groups in total. The molecule has 0 saturated carbocycles. The van der Waals surface area contributed by atoms with Crippen molar-refractivity contribution in [3.63, 3.8) is 0 Å². The van der Waals surface area contributed by atoms with Crippen molar-refractivity contribution in [1.82, 2.24) is 9.38 Å². The first-order valence-corrected chi connectivity index (χ1v) is 9.38. The van der Waals surface area contributed by atoms with E-state index < -0.39 is 0 Å². The molecule has 26 heavy (non-hydrogen) atoms. The Balaban J connectivity index is 1.49. The SMILES string of the molecule is O=C(/C=C/c1c(Cl)nc2sccn12)Nc1cccc(N2CCCC2=O)c1. The fourth-order valence-electron chi connectivity index (χ4n) is 2.94. The van der Waals surface area contributed by atoms with Crippen molar-refractivity contribution in [1.29, 1.82) is 0 Å². The zero-order valence-corrected chi connectivity index (χ0v) is 15.3. The molecule has 1 fully saturated rings. The molecule has 3 aromatic rings. The van der Waals surface area contributed by atoms with Gasteiger partial charge in [-0.1, -0.05) is 17.7 Å².